The molecule has 6 rings (SSSR count). The van der Waals surface area contributed by atoms with Crippen LogP contribution in [0.4, 0.5) is 0 Å². The van der Waals surface area contributed by atoms with Crippen LogP contribution in [0.15, 0.2) is 109 Å². The summed E-state index contributed by atoms with van der Waals surface area (Å²) in [6.45, 7) is 10.5. The molecule has 0 spiro atoms. The number of carbonyl (C=O) groups excluding carboxylic acids is 5. The quantitative estimate of drug-likeness (QED) is 0.102. The third-order valence-corrected chi connectivity index (χ3v) is 16.9. The van der Waals surface area contributed by atoms with Crippen molar-refractivity contribution in [1.29, 1.82) is 0 Å². The first-order valence-electron chi connectivity index (χ1n) is 21.1. The Balaban J connectivity index is 1.41. The molecule has 16 nitrogen and oxygen atoms in total. The molecule has 3 aromatic rings. The van der Waals surface area contributed by atoms with Crippen LogP contribution in [0.5, 0.6) is 0 Å². The van der Waals surface area contributed by atoms with Crippen molar-refractivity contribution in [2.45, 2.75) is 114 Å². The highest BCUT2D eigenvalue weighted by Gasteiger charge is 2.69. The molecule has 2 N–H and O–H groups in total. The fraction of sp³-hybridized carbons (Fsp3) is 0.438. The number of methoxy groups -OCH3 is 1. The van der Waals surface area contributed by atoms with E-state index >= 15 is 0 Å². The van der Waals surface area contributed by atoms with Crippen LogP contribution in [0.1, 0.15) is 60.5 Å². The minimum Gasteiger partial charge on any atom is -0.471 e. The molecule has 65 heavy (non-hydrogen) atoms. The Morgan fingerprint density at radius 1 is 0.754 bits per heavy atom. The number of aliphatic hydroxyl groups is 2. The zero-order chi connectivity index (χ0) is 47.3. The molecule has 3 aliphatic rings. The summed E-state index contributed by atoms with van der Waals surface area (Å²) in [7, 11) is -2.23. The second-order valence-corrected chi connectivity index (χ2v) is 21.7. The van der Waals surface area contributed by atoms with Crippen LogP contribution in [-0.2, 0) is 66.3 Å². The van der Waals surface area contributed by atoms with E-state index in [0.717, 1.165) is 50.6 Å². The van der Waals surface area contributed by atoms with Gasteiger partial charge in [0, 0.05) is 33.3 Å². The predicted molar refractivity (Wildman–Crippen MR) is 234 cm³/mol. The minimum absolute atomic E-state index is 0.298. The van der Waals surface area contributed by atoms with Crippen molar-refractivity contribution in [3.8, 4) is 0 Å². The molecule has 1 saturated carbocycles. The first-order valence-corrected chi connectivity index (χ1v) is 23.0. The molecule has 2 fully saturated rings. The number of hydrogen-bond acceptors (Lipinski definition) is 16. The average molecular weight is 917 g/mol. The van der Waals surface area contributed by atoms with Gasteiger partial charge in [0.25, 0.3) is 8.32 Å². The molecule has 1 aliphatic carbocycles. The minimum atomic E-state index is -3.32. The van der Waals surface area contributed by atoms with Gasteiger partial charge in [0.1, 0.15) is 29.0 Å². The monoisotopic (exact) mass is 916 g/mol. The lowest BCUT2D eigenvalue weighted by atomic mass is 9.77. The number of ether oxygens (including phenoxy) is 8. The Bertz CT molecular complexity index is 2200. The van der Waals surface area contributed by atoms with Gasteiger partial charge in [-0.15, -0.1) is 0 Å². The van der Waals surface area contributed by atoms with Gasteiger partial charge >= 0.3 is 29.8 Å². The van der Waals surface area contributed by atoms with E-state index in [1.807, 2.05) is 66.7 Å². The van der Waals surface area contributed by atoms with Crippen molar-refractivity contribution >= 4 is 54.6 Å². The van der Waals surface area contributed by atoms with Gasteiger partial charge in [-0.3, -0.25) is 14.4 Å². The summed E-state index contributed by atoms with van der Waals surface area (Å²) in [4.78, 5) is 64.9. The summed E-state index contributed by atoms with van der Waals surface area (Å²) in [5.74, 6) is -5.99. The van der Waals surface area contributed by atoms with E-state index in [2.05, 4.69) is 20.8 Å². The van der Waals surface area contributed by atoms with Crippen LogP contribution in [0.3, 0.4) is 0 Å². The number of fused-ring (bicyclic) bond motifs is 1. The summed E-state index contributed by atoms with van der Waals surface area (Å²) in [6, 6.07) is 28.3. The lowest BCUT2D eigenvalue weighted by Gasteiger charge is -2.49. The highest BCUT2D eigenvalue weighted by atomic mass is 28.4. The zero-order valence-electron chi connectivity index (χ0n) is 37.5. The Kier molecular flexibility index (Phi) is 14.9. The molecule has 2 aliphatic heterocycles. The van der Waals surface area contributed by atoms with Gasteiger partial charge in [-0.05, 0) is 34.0 Å². The molecule has 2 heterocycles. The largest absolute Gasteiger partial charge is 0.471 e. The molecular formula is C48H56O16Si. The number of carbonyl (C=O) groups is 5. The van der Waals surface area contributed by atoms with E-state index in [4.69, 9.17) is 42.3 Å². The van der Waals surface area contributed by atoms with Gasteiger partial charge in [-0.2, -0.15) is 0 Å². The van der Waals surface area contributed by atoms with Gasteiger partial charge in [0.15, 0.2) is 18.3 Å². The SMILES string of the molecule is COC(=O)C1=CO[C@@H](O[C@H]2O[C@@H](CO[Si](c3ccccc3)(c3ccccc3)C(C)(C)C)[C@H](OC(C)=O)[C@@H](OC(C)=O)[C@@H]2OC(C)=O)[C@@H]2[C@@](C)(O)[C@@H](OC(=O)/C=C/c3ccccc3)C[C@]12O. The van der Waals surface area contributed by atoms with Crippen molar-refractivity contribution in [2.24, 2.45) is 5.92 Å². The van der Waals surface area contributed by atoms with Gasteiger partial charge in [0.05, 0.1) is 25.9 Å². The summed E-state index contributed by atoms with van der Waals surface area (Å²) in [6.07, 6.45) is -7.93. The topological polar surface area (TPSA) is 209 Å². The van der Waals surface area contributed by atoms with Crippen molar-refractivity contribution in [2.75, 3.05) is 13.7 Å². The van der Waals surface area contributed by atoms with Crippen molar-refractivity contribution < 1.29 is 76.5 Å². The van der Waals surface area contributed by atoms with E-state index in [0.29, 0.717) is 5.56 Å². The third kappa shape index (κ3) is 10.2. The normalized spacial score (nSPS) is 28.8. The smallest absolute Gasteiger partial charge is 0.339 e. The molecule has 0 aromatic heterocycles. The first-order chi connectivity index (χ1) is 30.7. The van der Waals surface area contributed by atoms with E-state index in [1.54, 1.807) is 24.3 Å². The van der Waals surface area contributed by atoms with Crippen molar-refractivity contribution in [3.63, 3.8) is 0 Å². The molecule has 0 amide bonds. The summed E-state index contributed by atoms with van der Waals surface area (Å²) >= 11 is 0. The highest BCUT2D eigenvalue weighted by molar-refractivity contribution is 6.99. The predicted octanol–water partition coefficient (Wildman–Crippen LogP) is 3.64. The third-order valence-electron chi connectivity index (χ3n) is 11.9. The Morgan fingerprint density at radius 2 is 1.28 bits per heavy atom. The van der Waals surface area contributed by atoms with Crippen LogP contribution in [0.25, 0.3) is 6.08 Å². The maximum atomic E-state index is 13.2. The Labute approximate surface area is 378 Å². The molecule has 0 radical (unpaired) electrons. The molecule has 348 valence electrons. The molecule has 17 heteroatoms. The lowest BCUT2D eigenvalue weighted by molar-refractivity contribution is -0.353. The summed E-state index contributed by atoms with van der Waals surface area (Å²) < 4.78 is 54.2. The summed E-state index contributed by atoms with van der Waals surface area (Å²) in [5.41, 5.74) is -4.23. The van der Waals surface area contributed by atoms with Gasteiger partial charge < -0.3 is 52.5 Å². The molecule has 0 bridgehead atoms. The molecule has 10 atom stereocenters. The second-order valence-electron chi connectivity index (χ2n) is 17.4. The van der Waals surface area contributed by atoms with Crippen LogP contribution >= 0.6 is 0 Å². The van der Waals surface area contributed by atoms with Crippen LogP contribution in [0, 0.1) is 5.92 Å². The van der Waals surface area contributed by atoms with Crippen LogP contribution < -0.4 is 10.4 Å². The number of esters is 5. The van der Waals surface area contributed by atoms with Crippen molar-refractivity contribution in [3.05, 3.63) is 114 Å². The average Bonchev–Trinajstić information content (AvgIpc) is 3.46. The van der Waals surface area contributed by atoms with Gasteiger partial charge in [-0.1, -0.05) is 112 Å². The maximum Gasteiger partial charge on any atom is 0.339 e. The van der Waals surface area contributed by atoms with Crippen LogP contribution in [-0.4, -0.2) is 116 Å². The molecular weight excluding hydrogens is 861 g/mol. The lowest BCUT2D eigenvalue weighted by Crippen LogP contribution is -2.69. The standard InChI is InChI=1S/C48H56O16Si/c1-29(49)59-39-36(28-58-65(46(4,5)6,33-20-14-10-15-21-33)34-22-16-11-17-23-34)62-44(41(61-31(3)51)40(39)60-30(2)50)64-45-42-47(7,54)37(26-48(42,55)35(27-57-45)43(53)56-8)63-38(52)25-24-32-18-12-9-13-19-32/h9-25,27,36-37,39-42,44-45,54-55H,26,28H2,1-8H3/b25-24+/t36-,37-,39-,40+,41-,42+,44+,45-,47-,48-/m0/s1. The molecule has 1 saturated heterocycles. The maximum absolute atomic E-state index is 13.2. The number of rotatable bonds is 14. The van der Waals surface area contributed by atoms with Crippen LogP contribution in [0.2, 0.25) is 5.04 Å². The zero-order valence-corrected chi connectivity index (χ0v) is 38.5. The second kappa shape index (κ2) is 19.8. The molecule has 0 unspecified atom stereocenters. The fourth-order valence-corrected chi connectivity index (χ4v) is 13.7. The van der Waals surface area contributed by atoms with E-state index in [9.17, 15) is 34.2 Å². The fourth-order valence-electron chi connectivity index (χ4n) is 9.11. The first kappa shape index (κ1) is 48.8. The number of hydrogen-bond donors (Lipinski definition) is 2. The molecule has 3 aromatic carbocycles. The number of benzene rings is 3. The highest BCUT2D eigenvalue weighted by Crippen LogP contribution is 2.54. The van der Waals surface area contributed by atoms with Crippen molar-refractivity contribution in [1.82, 2.24) is 0 Å². The van der Waals surface area contributed by atoms with E-state index in [-0.39, 0.29) is 6.61 Å². The van der Waals surface area contributed by atoms with Gasteiger partial charge in [0.2, 0.25) is 12.6 Å². The Hall–Kier alpha value is -5.69. The van der Waals surface area contributed by atoms with Gasteiger partial charge in [-0.25, -0.2) is 9.59 Å². The Morgan fingerprint density at radius 3 is 1.80 bits per heavy atom. The summed E-state index contributed by atoms with van der Waals surface area (Å²) in [5, 5.41) is 26.1. The van der Waals surface area contributed by atoms with E-state index < -0.39 is 115 Å². The van der Waals surface area contributed by atoms with E-state index in [1.165, 1.54) is 13.0 Å².